The van der Waals surface area contributed by atoms with Crippen LogP contribution in [0.2, 0.25) is 10.0 Å². The Bertz CT molecular complexity index is 1080. The maximum atomic E-state index is 6.44. The molecule has 1 atom stereocenters. The van der Waals surface area contributed by atoms with Gasteiger partial charge in [-0.2, -0.15) is 0 Å². The van der Waals surface area contributed by atoms with Gasteiger partial charge in [0.05, 0.1) is 29.2 Å². The highest BCUT2D eigenvalue weighted by atomic mass is 127. The van der Waals surface area contributed by atoms with E-state index in [-0.39, 0.29) is 6.10 Å². The molecule has 0 unspecified atom stereocenters. The largest absolute Gasteiger partial charge is 0.367 e. The standard InChI is InChI=1S/C21H17Cl2IN2OS/c22-16-4-5-17(14(8-16)9-24)20(10-26-7-6-25-13-26)27-11-15-12-28-21-18(15)2-1-3-19(21)23/h1-8,12-13,20H,9-11H2/t20-/m0/s1. The number of hydrogen-bond acceptors (Lipinski definition) is 3. The highest BCUT2D eigenvalue weighted by Crippen LogP contribution is 2.34. The van der Waals surface area contributed by atoms with Gasteiger partial charge in [0.15, 0.2) is 0 Å². The molecule has 0 saturated carbocycles. The number of ether oxygens (including phenoxy) is 1. The van der Waals surface area contributed by atoms with Crippen LogP contribution in [0.4, 0.5) is 0 Å². The highest BCUT2D eigenvalue weighted by Gasteiger charge is 2.18. The van der Waals surface area contributed by atoms with Crippen molar-refractivity contribution in [3.05, 3.63) is 87.2 Å². The summed E-state index contributed by atoms with van der Waals surface area (Å²) in [4.78, 5) is 4.16. The van der Waals surface area contributed by atoms with Gasteiger partial charge in [0.2, 0.25) is 0 Å². The molecule has 28 heavy (non-hydrogen) atoms. The number of fused-ring (bicyclic) bond motifs is 1. The van der Waals surface area contributed by atoms with Crippen LogP contribution in [0.5, 0.6) is 0 Å². The number of halogens is 3. The molecule has 0 saturated heterocycles. The monoisotopic (exact) mass is 542 g/mol. The number of benzene rings is 2. The quantitative estimate of drug-likeness (QED) is 0.181. The third-order valence-corrected chi connectivity index (χ3v) is 7.17. The SMILES string of the molecule is Clc1ccc([C@H](Cn2ccnc2)OCc2csc3c(Cl)cccc23)c(CI)c1. The van der Waals surface area contributed by atoms with Crippen LogP contribution in [0.15, 0.2) is 60.5 Å². The van der Waals surface area contributed by atoms with Gasteiger partial charge in [0.25, 0.3) is 0 Å². The van der Waals surface area contributed by atoms with Gasteiger partial charge in [-0.3, -0.25) is 0 Å². The summed E-state index contributed by atoms with van der Waals surface area (Å²) < 4.78 is 10.5. The minimum absolute atomic E-state index is 0.106. The molecule has 2 aromatic heterocycles. The van der Waals surface area contributed by atoms with Crippen LogP contribution in [0.25, 0.3) is 10.1 Å². The molecular weight excluding hydrogens is 526 g/mol. The number of imidazole rings is 1. The van der Waals surface area contributed by atoms with E-state index in [4.69, 9.17) is 27.9 Å². The van der Waals surface area contributed by atoms with Crippen molar-refractivity contribution in [3.63, 3.8) is 0 Å². The summed E-state index contributed by atoms with van der Waals surface area (Å²) in [5.74, 6) is 0. The first-order chi connectivity index (χ1) is 13.7. The van der Waals surface area contributed by atoms with Crippen molar-refractivity contribution in [2.24, 2.45) is 0 Å². The lowest BCUT2D eigenvalue weighted by molar-refractivity contribution is 0.0283. The molecule has 0 aliphatic carbocycles. The minimum Gasteiger partial charge on any atom is -0.367 e. The van der Waals surface area contributed by atoms with Gasteiger partial charge in [0.1, 0.15) is 6.10 Å². The van der Waals surface area contributed by atoms with Crippen LogP contribution in [0.1, 0.15) is 22.8 Å². The first-order valence-corrected chi connectivity index (χ1v) is 11.9. The molecule has 0 N–H and O–H groups in total. The van der Waals surface area contributed by atoms with Crippen molar-refractivity contribution < 1.29 is 4.74 Å². The summed E-state index contributed by atoms with van der Waals surface area (Å²) in [6.45, 7) is 1.21. The van der Waals surface area contributed by atoms with E-state index >= 15 is 0 Å². The number of alkyl halides is 1. The Labute approximate surface area is 191 Å². The van der Waals surface area contributed by atoms with Crippen LogP contribution in [-0.4, -0.2) is 9.55 Å². The Kier molecular flexibility index (Phi) is 6.58. The Hall–Kier alpha value is -1.12. The topological polar surface area (TPSA) is 27.1 Å². The number of thiophene rings is 1. The Morgan fingerprint density at radius 1 is 1.18 bits per heavy atom. The summed E-state index contributed by atoms with van der Waals surface area (Å²) >= 11 is 16.6. The molecule has 0 bridgehead atoms. The second-order valence-corrected chi connectivity index (χ2v) is 8.90. The van der Waals surface area contributed by atoms with Gasteiger partial charge in [0, 0.05) is 21.8 Å². The normalized spacial score (nSPS) is 12.5. The van der Waals surface area contributed by atoms with E-state index < -0.39 is 0 Å². The van der Waals surface area contributed by atoms with E-state index in [0.29, 0.717) is 13.2 Å². The molecule has 2 aromatic carbocycles. The zero-order valence-corrected chi connectivity index (χ0v) is 19.3. The maximum Gasteiger partial charge on any atom is 0.101 e. The van der Waals surface area contributed by atoms with Gasteiger partial charge in [-0.1, -0.05) is 64.0 Å². The molecule has 4 rings (SSSR count). The van der Waals surface area contributed by atoms with Crippen molar-refractivity contribution in [3.8, 4) is 0 Å². The molecule has 2 heterocycles. The molecule has 0 radical (unpaired) electrons. The molecular formula is C21H17Cl2IN2OS. The smallest absolute Gasteiger partial charge is 0.101 e. The summed E-state index contributed by atoms with van der Waals surface area (Å²) in [6, 6.07) is 12.0. The van der Waals surface area contributed by atoms with Crippen molar-refractivity contribution in [1.82, 2.24) is 9.55 Å². The van der Waals surface area contributed by atoms with Gasteiger partial charge in [-0.05, 0) is 45.7 Å². The van der Waals surface area contributed by atoms with Crippen LogP contribution in [0, 0.1) is 0 Å². The molecule has 0 fully saturated rings. The summed E-state index contributed by atoms with van der Waals surface area (Å²) in [5, 5.41) is 4.82. The van der Waals surface area contributed by atoms with E-state index in [2.05, 4.69) is 45.1 Å². The van der Waals surface area contributed by atoms with E-state index in [1.807, 2.05) is 41.4 Å². The molecule has 7 heteroatoms. The Morgan fingerprint density at radius 2 is 2.07 bits per heavy atom. The van der Waals surface area contributed by atoms with E-state index in [1.165, 1.54) is 5.56 Å². The fourth-order valence-electron chi connectivity index (χ4n) is 3.21. The summed E-state index contributed by atoms with van der Waals surface area (Å²) in [5.41, 5.74) is 3.50. The molecule has 0 amide bonds. The Morgan fingerprint density at radius 3 is 2.86 bits per heavy atom. The number of nitrogens with zero attached hydrogens (tertiary/aromatic N) is 2. The minimum atomic E-state index is -0.106. The third-order valence-electron chi connectivity index (χ3n) is 4.60. The predicted molar refractivity (Wildman–Crippen MR) is 126 cm³/mol. The van der Waals surface area contributed by atoms with Crippen molar-refractivity contribution in [2.75, 3.05) is 0 Å². The van der Waals surface area contributed by atoms with E-state index in [0.717, 1.165) is 35.7 Å². The number of rotatable bonds is 7. The maximum absolute atomic E-state index is 6.44. The van der Waals surface area contributed by atoms with Crippen LogP contribution in [0.3, 0.4) is 0 Å². The van der Waals surface area contributed by atoms with Crippen molar-refractivity contribution in [1.29, 1.82) is 0 Å². The zero-order valence-electron chi connectivity index (χ0n) is 14.8. The van der Waals surface area contributed by atoms with E-state index in [1.54, 1.807) is 17.5 Å². The lowest BCUT2D eigenvalue weighted by Gasteiger charge is -2.21. The van der Waals surface area contributed by atoms with Gasteiger partial charge in [-0.15, -0.1) is 11.3 Å². The fraction of sp³-hybridized carbons (Fsp3) is 0.190. The molecule has 0 spiro atoms. The number of hydrogen-bond donors (Lipinski definition) is 0. The molecule has 144 valence electrons. The van der Waals surface area contributed by atoms with Gasteiger partial charge in [-0.25, -0.2) is 4.98 Å². The third kappa shape index (κ3) is 4.39. The molecule has 0 aliphatic rings. The second kappa shape index (κ2) is 9.13. The van der Waals surface area contributed by atoms with Gasteiger partial charge >= 0.3 is 0 Å². The highest BCUT2D eigenvalue weighted by molar-refractivity contribution is 14.1. The lowest BCUT2D eigenvalue weighted by Crippen LogP contribution is -2.13. The summed E-state index contributed by atoms with van der Waals surface area (Å²) in [7, 11) is 0. The lowest BCUT2D eigenvalue weighted by atomic mass is 10.0. The fourth-order valence-corrected chi connectivity index (χ4v) is 5.33. The van der Waals surface area contributed by atoms with Gasteiger partial charge < -0.3 is 9.30 Å². The van der Waals surface area contributed by atoms with Crippen molar-refractivity contribution >= 4 is 67.2 Å². The first kappa shape index (κ1) is 20.2. The molecule has 4 aromatic rings. The average molecular weight is 543 g/mol. The summed E-state index contributed by atoms with van der Waals surface area (Å²) in [6.07, 6.45) is 5.45. The predicted octanol–water partition coefficient (Wildman–Crippen LogP) is 7.30. The molecule has 3 nitrogen and oxygen atoms in total. The molecule has 0 aliphatic heterocycles. The zero-order chi connectivity index (χ0) is 19.5. The average Bonchev–Trinajstić information content (AvgIpc) is 3.35. The van der Waals surface area contributed by atoms with Crippen LogP contribution >= 0.6 is 57.1 Å². The van der Waals surface area contributed by atoms with Crippen LogP contribution < -0.4 is 0 Å². The Balaban J connectivity index is 1.63. The van der Waals surface area contributed by atoms with Crippen LogP contribution in [-0.2, 0) is 22.3 Å². The first-order valence-electron chi connectivity index (χ1n) is 8.72. The second-order valence-electron chi connectivity index (χ2n) is 6.41. The van der Waals surface area contributed by atoms with E-state index in [9.17, 15) is 0 Å². The van der Waals surface area contributed by atoms with Crippen molar-refractivity contribution in [2.45, 2.75) is 23.7 Å². The number of aromatic nitrogens is 2.